The molecule has 3 N–H and O–H groups in total. The first-order valence-corrected chi connectivity index (χ1v) is 6.79. The molecule has 1 aromatic rings. The lowest BCUT2D eigenvalue weighted by molar-refractivity contribution is -0.385. The number of hydrogen-bond acceptors (Lipinski definition) is 5. The maximum Gasteiger partial charge on any atom is 0.270 e. The fourth-order valence-corrected chi connectivity index (χ4v) is 2.79. The van der Waals surface area contributed by atoms with Gasteiger partial charge in [0.15, 0.2) is 0 Å². The fraction of sp³-hybridized carbons (Fsp3) is 0.333. The zero-order chi connectivity index (χ0) is 13.9. The van der Waals surface area contributed by atoms with Crippen LogP contribution in [0.15, 0.2) is 23.1 Å². The van der Waals surface area contributed by atoms with E-state index in [1.54, 1.807) is 6.92 Å². The van der Waals surface area contributed by atoms with Gasteiger partial charge >= 0.3 is 0 Å². The normalized spacial score (nSPS) is 13.3. The Hall–Kier alpha value is -1.22. The van der Waals surface area contributed by atoms with Crippen molar-refractivity contribution < 1.29 is 13.3 Å². The Kier molecular flexibility index (Phi) is 4.63. The van der Waals surface area contributed by atoms with Gasteiger partial charge in [0, 0.05) is 24.7 Å². The maximum absolute atomic E-state index is 11.9. The van der Waals surface area contributed by atoms with Crippen LogP contribution in [0.3, 0.4) is 0 Å². The fourth-order valence-electron chi connectivity index (χ4n) is 1.13. The van der Waals surface area contributed by atoms with Crippen molar-refractivity contribution in [2.75, 3.05) is 6.54 Å². The number of nitro groups is 1. The number of benzene rings is 1. The first-order chi connectivity index (χ1) is 8.24. The number of hydrogen-bond donors (Lipinski definition) is 2. The minimum Gasteiger partial charge on any atom is -0.327 e. The number of nitrogens with two attached hydrogens (primary N) is 1. The summed E-state index contributed by atoms with van der Waals surface area (Å²) < 4.78 is 25.9. The lowest BCUT2D eigenvalue weighted by atomic mass is 10.3. The molecule has 1 atom stereocenters. The predicted octanol–water partition coefficient (Wildman–Crippen LogP) is 0.874. The zero-order valence-corrected chi connectivity index (χ0v) is 11.0. The molecule has 0 radical (unpaired) electrons. The van der Waals surface area contributed by atoms with Crippen molar-refractivity contribution in [1.29, 1.82) is 0 Å². The zero-order valence-electron chi connectivity index (χ0n) is 9.46. The van der Waals surface area contributed by atoms with Crippen molar-refractivity contribution in [3.8, 4) is 0 Å². The number of non-ortho nitro benzene ring substituents is 1. The molecule has 0 aliphatic rings. The monoisotopic (exact) mass is 293 g/mol. The summed E-state index contributed by atoms with van der Waals surface area (Å²) in [5, 5.41) is 10.5. The SMILES string of the molecule is CC(N)CNS(=O)(=O)c1cc([N+](=O)[O-])ccc1Cl. The molecule has 0 spiro atoms. The molecule has 18 heavy (non-hydrogen) atoms. The molecule has 0 aliphatic carbocycles. The Morgan fingerprint density at radius 3 is 2.67 bits per heavy atom. The molecule has 1 rings (SSSR count). The van der Waals surface area contributed by atoms with Gasteiger partial charge in [0.25, 0.3) is 5.69 Å². The molecule has 7 nitrogen and oxygen atoms in total. The molecule has 1 unspecified atom stereocenters. The van der Waals surface area contributed by atoms with Crippen LogP contribution < -0.4 is 10.5 Å². The molecule has 0 aliphatic heterocycles. The van der Waals surface area contributed by atoms with E-state index in [0.717, 1.165) is 12.1 Å². The van der Waals surface area contributed by atoms with Crippen LogP contribution in [0.25, 0.3) is 0 Å². The number of rotatable bonds is 5. The van der Waals surface area contributed by atoms with Gasteiger partial charge in [0.05, 0.1) is 9.95 Å². The highest BCUT2D eigenvalue weighted by Gasteiger charge is 2.21. The van der Waals surface area contributed by atoms with Gasteiger partial charge in [-0.25, -0.2) is 13.1 Å². The minimum atomic E-state index is -3.91. The van der Waals surface area contributed by atoms with E-state index >= 15 is 0 Å². The third kappa shape index (κ3) is 3.64. The van der Waals surface area contributed by atoms with E-state index < -0.39 is 14.9 Å². The summed E-state index contributed by atoms with van der Waals surface area (Å²) in [6.45, 7) is 1.64. The topological polar surface area (TPSA) is 115 Å². The van der Waals surface area contributed by atoms with Gasteiger partial charge in [-0.1, -0.05) is 11.6 Å². The van der Waals surface area contributed by atoms with Crippen LogP contribution in [0, 0.1) is 10.1 Å². The lowest BCUT2D eigenvalue weighted by Gasteiger charge is -2.09. The highest BCUT2D eigenvalue weighted by molar-refractivity contribution is 7.89. The Balaban J connectivity index is 3.15. The Morgan fingerprint density at radius 1 is 1.56 bits per heavy atom. The Labute approximate surface area is 109 Å². The van der Waals surface area contributed by atoms with Crippen LogP contribution >= 0.6 is 11.6 Å². The van der Waals surface area contributed by atoms with Crippen molar-refractivity contribution in [3.05, 3.63) is 33.3 Å². The second kappa shape index (κ2) is 5.61. The highest BCUT2D eigenvalue weighted by Crippen LogP contribution is 2.25. The summed E-state index contributed by atoms with van der Waals surface area (Å²) in [7, 11) is -3.91. The molecule has 9 heteroatoms. The first-order valence-electron chi connectivity index (χ1n) is 4.93. The molecular formula is C9H12ClN3O4S. The van der Waals surface area contributed by atoms with Gasteiger partial charge in [0.1, 0.15) is 4.90 Å². The summed E-state index contributed by atoms with van der Waals surface area (Å²) in [5.74, 6) is 0. The van der Waals surface area contributed by atoms with E-state index in [2.05, 4.69) is 4.72 Å². The number of nitro benzene ring substituents is 1. The smallest absolute Gasteiger partial charge is 0.270 e. The van der Waals surface area contributed by atoms with Crippen molar-refractivity contribution in [2.45, 2.75) is 17.9 Å². The van der Waals surface area contributed by atoms with E-state index in [-0.39, 0.29) is 28.2 Å². The third-order valence-electron chi connectivity index (χ3n) is 2.01. The Bertz CT molecular complexity index is 559. The van der Waals surface area contributed by atoms with E-state index in [1.807, 2.05) is 0 Å². The second-order valence-electron chi connectivity index (χ2n) is 3.70. The predicted molar refractivity (Wildman–Crippen MR) is 66.9 cm³/mol. The molecule has 1 aromatic carbocycles. The number of sulfonamides is 1. The average Bonchev–Trinajstić information content (AvgIpc) is 2.26. The maximum atomic E-state index is 11.9. The minimum absolute atomic E-state index is 0.0152. The first kappa shape index (κ1) is 14.8. The van der Waals surface area contributed by atoms with Gasteiger partial charge in [-0.15, -0.1) is 0 Å². The second-order valence-corrected chi connectivity index (χ2v) is 5.84. The molecule has 0 heterocycles. The molecule has 0 amide bonds. The average molecular weight is 294 g/mol. The van der Waals surface area contributed by atoms with Gasteiger partial charge in [-0.05, 0) is 13.0 Å². The molecule has 0 bridgehead atoms. The molecule has 100 valence electrons. The van der Waals surface area contributed by atoms with Crippen molar-refractivity contribution in [1.82, 2.24) is 4.72 Å². The standard InChI is InChI=1S/C9H12ClN3O4S/c1-6(11)5-12-18(16,17)9-4-7(13(14)15)2-3-8(9)10/h2-4,6,12H,5,11H2,1H3. The van der Waals surface area contributed by atoms with E-state index in [9.17, 15) is 18.5 Å². The van der Waals surface area contributed by atoms with Gasteiger partial charge in [-0.3, -0.25) is 10.1 Å². The van der Waals surface area contributed by atoms with Crippen molar-refractivity contribution in [3.63, 3.8) is 0 Å². The van der Waals surface area contributed by atoms with Crippen molar-refractivity contribution in [2.24, 2.45) is 5.73 Å². The van der Waals surface area contributed by atoms with Gasteiger partial charge < -0.3 is 5.73 Å². The number of nitrogens with zero attached hydrogens (tertiary/aromatic N) is 1. The highest BCUT2D eigenvalue weighted by atomic mass is 35.5. The summed E-state index contributed by atoms with van der Waals surface area (Å²) >= 11 is 5.73. The van der Waals surface area contributed by atoms with Crippen LogP contribution in [0.2, 0.25) is 5.02 Å². The summed E-state index contributed by atoms with van der Waals surface area (Å²) in [5.41, 5.74) is 5.08. The van der Waals surface area contributed by atoms with E-state index in [1.165, 1.54) is 6.07 Å². The lowest BCUT2D eigenvalue weighted by Crippen LogP contribution is -2.35. The van der Waals surface area contributed by atoms with E-state index in [0.29, 0.717) is 0 Å². The van der Waals surface area contributed by atoms with Crippen molar-refractivity contribution >= 4 is 27.3 Å². The van der Waals surface area contributed by atoms with Crippen LogP contribution in [-0.4, -0.2) is 25.9 Å². The summed E-state index contributed by atoms with van der Waals surface area (Å²) in [4.78, 5) is 9.56. The number of halogens is 1. The Morgan fingerprint density at radius 2 is 2.17 bits per heavy atom. The quantitative estimate of drug-likeness (QED) is 0.617. The van der Waals surface area contributed by atoms with Crippen LogP contribution in [0.4, 0.5) is 5.69 Å². The largest absolute Gasteiger partial charge is 0.327 e. The summed E-state index contributed by atoms with van der Waals surface area (Å²) in [6, 6.07) is 2.83. The third-order valence-corrected chi connectivity index (χ3v) is 3.92. The van der Waals surface area contributed by atoms with Crippen LogP contribution in [0.5, 0.6) is 0 Å². The summed E-state index contributed by atoms with van der Waals surface area (Å²) in [6.07, 6.45) is 0. The van der Waals surface area contributed by atoms with Gasteiger partial charge in [-0.2, -0.15) is 0 Å². The molecule has 0 aromatic heterocycles. The molecule has 0 saturated carbocycles. The van der Waals surface area contributed by atoms with Crippen LogP contribution in [-0.2, 0) is 10.0 Å². The number of nitrogens with one attached hydrogen (secondary N) is 1. The molecule has 0 saturated heterocycles. The molecule has 0 fully saturated rings. The molecular weight excluding hydrogens is 282 g/mol. The van der Waals surface area contributed by atoms with E-state index in [4.69, 9.17) is 17.3 Å². The van der Waals surface area contributed by atoms with Crippen LogP contribution in [0.1, 0.15) is 6.92 Å². The van der Waals surface area contributed by atoms with Gasteiger partial charge in [0.2, 0.25) is 10.0 Å².